The molecule has 4 heterocycles. The number of ether oxygens (including phenoxy) is 1. The number of amides is 1. The topological polar surface area (TPSA) is 153 Å². The number of aryl methyl sites for hydroxylation is 1. The van der Waals surface area contributed by atoms with Gasteiger partial charge in [-0.15, -0.1) is 0 Å². The van der Waals surface area contributed by atoms with E-state index in [1.807, 2.05) is 0 Å². The Kier molecular flexibility index (Phi) is 7.68. The predicted molar refractivity (Wildman–Crippen MR) is 148 cm³/mol. The molecule has 1 unspecified atom stereocenters. The van der Waals surface area contributed by atoms with Crippen LogP contribution in [0.5, 0.6) is 5.75 Å². The van der Waals surface area contributed by atoms with Crippen LogP contribution in [0.2, 0.25) is 5.02 Å². The Morgan fingerprint density at radius 1 is 1.24 bits per heavy atom. The number of aliphatic hydroxyl groups excluding tert-OH is 1. The molecule has 0 aliphatic carbocycles. The lowest BCUT2D eigenvalue weighted by Crippen LogP contribution is -2.39. The second-order valence-electron chi connectivity index (χ2n) is 9.10. The van der Waals surface area contributed by atoms with Crippen molar-refractivity contribution in [3.05, 3.63) is 82.0 Å². The van der Waals surface area contributed by atoms with Gasteiger partial charge in [-0.25, -0.2) is 18.9 Å². The van der Waals surface area contributed by atoms with Crippen LogP contribution in [0, 0.1) is 5.82 Å². The van der Waals surface area contributed by atoms with Gasteiger partial charge in [-0.05, 0) is 30.7 Å². The minimum atomic E-state index is -1.01. The maximum absolute atomic E-state index is 14.0. The molecular weight excluding hydrogens is 557 g/mol. The number of carbonyl (C=O) groups is 1. The zero-order chi connectivity index (χ0) is 29.3. The van der Waals surface area contributed by atoms with Crippen molar-refractivity contribution in [3.63, 3.8) is 0 Å². The van der Waals surface area contributed by atoms with Crippen LogP contribution in [-0.4, -0.2) is 58.7 Å². The first-order valence-electron chi connectivity index (χ1n) is 12.3. The van der Waals surface area contributed by atoms with Crippen molar-refractivity contribution in [3.8, 4) is 17.0 Å². The summed E-state index contributed by atoms with van der Waals surface area (Å²) in [5, 5.41) is 24.2. The molecule has 5 aromatic rings. The zero-order valence-corrected chi connectivity index (χ0v) is 22.9. The van der Waals surface area contributed by atoms with Crippen LogP contribution in [-0.2, 0) is 11.8 Å². The molecule has 13 nitrogen and oxygen atoms in total. The molecule has 0 aliphatic heterocycles. The van der Waals surface area contributed by atoms with Crippen molar-refractivity contribution >= 4 is 34.8 Å². The lowest BCUT2D eigenvalue weighted by molar-refractivity contribution is -0.125. The van der Waals surface area contributed by atoms with Gasteiger partial charge in [0.05, 0.1) is 42.9 Å². The van der Waals surface area contributed by atoms with Gasteiger partial charge in [0.15, 0.2) is 0 Å². The Hall–Kier alpha value is -4.82. The molecule has 0 saturated carbocycles. The molecule has 1 aromatic carbocycles. The van der Waals surface area contributed by atoms with Crippen LogP contribution in [0.25, 0.3) is 16.8 Å². The second-order valence-corrected chi connectivity index (χ2v) is 9.51. The monoisotopic (exact) mass is 581 g/mol. The number of rotatable bonds is 9. The van der Waals surface area contributed by atoms with E-state index in [0.717, 1.165) is 4.57 Å². The van der Waals surface area contributed by atoms with E-state index in [1.165, 1.54) is 49.3 Å². The van der Waals surface area contributed by atoms with E-state index in [9.17, 15) is 19.1 Å². The Balaban J connectivity index is 1.41. The summed E-state index contributed by atoms with van der Waals surface area (Å²) in [6.07, 6.45) is 5.89. The number of nitrogens with one attached hydrogen (secondary N) is 2. The van der Waals surface area contributed by atoms with Crippen molar-refractivity contribution in [1.29, 1.82) is 0 Å². The highest BCUT2D eigenvalue weighted by Crippen LogP contribution is 2.28. The number of benzene rings is 1. The van der Waals surface area contributed by atoms with Gasteiger partial charge in [0.1, 0.15) is 35.3 Å². The lowest BCUT2D eigenvalue weighted by Gasteiger charge is -2.21. The number of halogens is 2. The minimum Gasteiger partial charge on any atom is -0.497 e. The first-order chi connectivity index (χ1) is 19.7. The van der Waals surface area contributed by atoms with Crippen LogP contribution < -0.4 is 20.9 Å². The molecular formula is C26H25ClFN9O4. The third kappa shape index (κ3) is 5.60. The second kappa shape index (κ2) is 11.3. The van der Waals surface area contributed by atoms with Crippen LogP contribution in [0.3, 0.4) is 0 Å². The van der Waals surface area contributed by atoms with Gasteiger partial charge in [0.25, 0.3) is 5.56 Å². The molecule has 4 aromatic heterocycles. The van der Waals surface area contributed by atoms with Gasteiger partial charge in [-0.3, -0.25) is 18.8 Å². The normalized spacial score (nSPS) is 12.7. The summed E-state index contributed by atoms with van der Waals surface area (Å²) in [4.78, 5) is 35.2. The molecule has 0 saturated heterocycles. The minimum absolute atomic E-state index is 0.173. The summed E-state index contributed by atoms with van der Waals surface area (Å²) in [5.41, 5.74) is 0.850. The summed E-state index contributed by atoms with van der Waals surface area (Å²) < 4.78 is 23.2. The number of hydrogen-bond acceptors (Lipinski definition) is 9. The molecule has 212 valence electrons. The third-order valence-electron chi connectivity index (χ3n) is 6.46. The average Bonchev–Trinajstić information content (AvgIpc) is 3.58. The van der Waals surface area contributed by atoms with E-state index in [0.29, 0.717) is 22.6 Å². The summed E-state index contributed by atoms with van der Waals surface area (Å²) in [7, 11) is 3.15. The molecule has 15 heteroatoms. The maximum Gasteiger partial charge on any atom is 0.278 e. The van der Waals surface area contributed by atoms with Gasteiger partial charge < -0.3 is 20.5 Å². The van der Waals surface area contributed by atoms with Crippen molar-refractivity contribution < 1.29 is 19.0 Å². The van der Waals surface area contributed by atoms with Crippen molar-refractivity contribution in [2.75, 3.05) is 19.0 Å². The summed E-state index contributed by atoms with van der Waals surface area (Å²) in [6.45, 7) is 1.01. The number of aliphatic hydroxyl groups is 1. The van der Waals surface area contributed by atoms with E-state index in [4.69, 9.17) is 16.3 Å². The molecule has 3 N–H and O–H groups in total. The number of hydrogen-bond donors (Lipinski definition) is 3. The predicted octanol–water partition coefficient (Wildman–Crippen LogP) is 2.64. The zero-order valence-electron chi connectivity index (χ0n) is 22.1. The van der Waals surface area contributed by atoms with Crippen molar-refractivity contribution in [2.24, 2.45) is 7.05 Å². The first kappa shape index (κ1) is 27.7. The van der Waals surface area contributed by atoms with Crippen LogP contribution >= 0.6 is 11.6 Å². The van der Waals surface area contributed by atoms with Gasteiger partial charge in [0.2, 0.25) is 11.9 Å². The van der Waals surface area contributed by atoms with Gasteiger partial charge >= 0.3 is 0 Å². The van der Waals surface area contributed by atoms with E-state index >= 15 is 0 Å². The molecule has 1 amide bonds. The molecule has 0 bridgehead atoms. The highest BCUT2D eigenvalue weighted by molar-refractivity contribution is 6.32. The SMILES string of the molecule is COc1cc(F)cc([C@@H](CO)NC(=O)C(C)n2cnn3cc(-c4nc(Nc5ccnn5C)ncc4Cl)cc3c2=O)c1. The van der Waals surface area contributed by atoms with Crippen molar-refractivity contribution in [2.45, 2.75) is 19.0 Å². The quantitative estimate of drug-likeness (QED) is 0.238. The molecule has 41 heavy (non-hydrogen) atoms. The smallest absolute Gasteiger partial charge is 0.278 e. The molecule has 0 spiro atoms. The Morgan fingerprint density at radius 2 is 2.05 bits per heavy atom. The largest absolute Gasteiger partial charge is 0.497 e. The molecule has 0 radical (unpaired) electrons. The summed E-state index contributed by atoms with van der Waals surface area (Å²) in [6, 6.07) is 5.25. The summed E-state index contributed by atoms with van der Waals surface area (Å²) in [5.74, 6) is 0.000382. The third-order valence-corrected chi connectivity index (χ3v) is 6.74. The van der Waals surface area contributed by atoms with E-state index in [1.54, 1.807) is 36.3 Å². The van der Waals surface area contributed by atoms with Gasteiger partial charge in [-0.2, -0.15) is 10.2 Å². The van der Waals surface area contributed by atoms with E-state index < -0.39 is 36.0 Å². The standard InChI is InChI=1S/C26H25ClFN9O4/c1-14(24(39)32-20(12-38)15-6-17(28)9-18(7-15)41-3)36-13-31-37-11-16(8-21(37)25(36)40)23-19(27)10-29-26(34-23)33-22-4-5-30-35(22)2/h4-11,13-14,20,38H,12H2,1-3H3,(H,32,39)(H,29,33,34)/t14?,20-/m1/s1. The molecule has 5 rings (SSSR count). The first-order valence-corrected chi connectivity index (χ1v) is 12.7. The molecule has 0 aliphatic rings. The van der Waals surface area contributed by atoms with Crippen molar-refractivity contribution in [1.82, 2.24) is 39.2 Å². The number of methoxy groups -OCH3 is 1. The van der Waals surface area contributed by atoms with Gasteiger partial charge in [-0.1, -0.05) is 11.6 Å². The Morgan fingerprint density at radius 3 is 2.76 bits per heavy atom. The maximum atomic E-state index is 14.0. The molecule has 0 fully saturated rings. The number of fused-ring (bicyclic) bond motifs is 1. The number of carbonyl (C=O) groups excluding carboxylic acids is 1. The van der Waals surface area contributed by atoms with Gasteiger partial charge in [0, 0.05) is 30.9 Å². The number of anilines is 2. The van der Waals surface area contributed by atoms with E-state index in [-0.39, 0.29) is 22.2 Å². The van der Waals surface area contributed by atoms with E-state index in [2.05, 4.69) is 30.8 Å². The average molecular weight is 582 g/mol. The Labute approximate surface area is 237 Å². The van der Waals surface area contributed by atoms with Crippen LogP contribution in [0.15, 0.2) is 60.0 Å². The highest BCUT2D eigenvalue weighted by atomic mass is 35.5. The fraction of sp³-hybridized carbons (Fsp3) is 0.231. The lowest BCUT2D eigenvalue weighted by atomic mass is 10.1. The van der Waals surface area contributed by atoms with Crippen LogP contribution in [0.4, 0.5) is 16.2 Å². The summed E-state index contributed by atoms with van der Waals surface area (Å²) >= 11 is 6.39. The fourth-order valence-electron chi connectivity index (χ4n) is 4.21. The number of nitrogens with zero attached hydrogens (tertiary/aromatic N) is 7. The van der Waals surface area contributed by atoms with Crippen LogP contribution in [0.1, 0.15) is 24.6 Å². The number of aromatic nitrogens is 7. The fourth-order valence-corrected chi connectivity index (χ4v) is 4.41. The Bertz CT molecular complexity index is 1800. The highest BCUT2D eigenvalue weighted by Gasteiger charge is 2.23. The molecule has 2 atom stereocenters.